The first-order valence-corrected chi connectivity index (χ1v) is 11.8. The van der Waals surface area contributed by atoms with Crippen LogP contribution in [0.4, 0.5) is 4.79 Å². The van der Waals surface area contributed by atoms with Gasteiger partial charge in [-0.2, -0.15) is 5.10 Å². The molecule has 0 unspecified atom stereocenters. The minimum Gasteiger partial charge on any atom is -0.508 e. The number of nitrogens with one attached hydrogen (secondary N) is 3. The van der Waals surface area contributed by atoms with Crippen molar-refractivity contribution in [1.29, 1.82) is 0 Å². The molecule has 2 rings (SSSR count). The summed E-state index contributed by atoms with van der Waals surface area (Å²) in [4.78, 5) is 48.5. The fourth-order valence-electron chi connectivity index (χ4n) is 3.07. The number of hydrazone groups is 1. The van der Waals surface area contributed by atoms with Gasteiger partial charge in [0, 0.05) is 6.42 Å². The minimum absolute atomic E-state index is 0.00350. The van der Waals surface area contributed by atoms with Crippen LogP contribution in [0, 0.1) is 0 Å². The van der Waals surface area contributed by atoms with E-state index in [0.717, 1.165) is 0 Å². The van der Waals surface area contributed by atoms with E-state index in [1.165, 1.54) is 24.4 Å². The Bertz CT molecular complexity index is 1180. The number of aliphatic carboxylic acids is 1. The molecule has 0 bridgehead atoms. The van der Waals surface area contributed by atoms with Gasteiger partial charge in [-0.05, 0) is 56.2 Å². The summed E-state index contributed by atoms with van der Waals surface area (Å²) in [7, 11) is 0. The summed E-state index contributed by atoms with van der Waals surface area (Å²) < 4.78 is 10.2. The van der Waals surface area contributed by atoms with Crippen molar-refractivity contribution >= 4 is 30.1 Å². The number of benzene rings is 2. The number of hydrogen-bond acceptors (Lipinski definition) is 9. The number of aromatic hydroxyl groups is 1. The number of aliphatic hydroxyl groups is 1. The number of carbonyl (C=O) groups excluding carboxylic acids is 3. The van der Waals surface area contributed by atoms with E-state index in [9.17, 15) is 29.4 Å². The number of rotatable bonds is 12. The molecule has 39 heavy (non-hydrogen) atoms. The Morgan fingerprint density at radius 2 is 1.69 bits per heavy atom. The molecule has 13 heteroatoms. The quantitative estimate of drug-likeness (QED) is 0.166. The molecule has 3 amide bonds. The summed E-state index contributed by atoms with van der Waals surface area (Å²) in [5, 5.41) is 36.6. The van der Waals surface area contributed by atoms with E-state index in [4.69, 9.17) is 14.6 Å². The number of carboxylic acids is 1. The molecule has 0 aliphatic heterocycles. The SMILES string of the molecule is CC(C)(C)OC(=O)N[C@@H](CO)C(=O)N[C@@H](Cc1ccc(O)cc1)C(=O)N/N=C\c1cccc(OCC(=O)O)c1. The summed E-state index contributed by atoms with van der Waals surface area (Å²) in [6.07, 6.45) is 0.373. The summed E-state index contributed by atoms with van der Waals surface area (Å²) in [5.41, 5.74) is 2.59. The third-order valence-electron chi connectivity index (χ3n) is 4.81. The lowest BCUT2D eigenvalue weighted by atomic mass is 10.0. The van der Waals surface area contributed by atoms with Gasteiger partial charge in [-0.1, -0.05) is 24.3 Å². The number of hydrogen-bond donors (Lipinski definition) is 6. The standard InChI is InChI=1S/C26H32N4O9/c1-26(2,3)39-25(37)29-21(14-31)23(35)28-20(12-16-7-9-18(32)10-8-16)24(36)30-27-13-17-5-4-6-19(11-17)38-15-22(33)34/h4-11,13,20-21,31-32H,12,14-15H2,1-3H3,(H,28,35)(H,29,37)(H,30,36)(H,33,34)/b27-13-/t20-,21-/m0/s1. The van der Waals surface area contributed by atoms with E-state index in [1.807, 2.05) is 0 Å². The van der Waals surface area contributed by atoms with Gasteiger partial charge < -0.3 is 35.4 Å². The highest BCUT2D eigenvalue weighted by atomic mass is 16.6. The van der Waals surface area contributed by atoms with Gasteiger partial charge in [-0.3, -0.25) is 9.59 Å². The van der Waals surface area contributed by atoms with Crippen molar-refractivity contribution in [3.8, 4) is 11.5 Å². The van der Waals surface area contributed by atoms with Gasteiger partial charge >= 0.3 is 12.1 Å². The molecule has 0 spiro atoms. The van der Waals surface area contributed by atoms with Gasteiger partial charge in [0.05, 0.1) is 12.8 Å². The molecule has 6 N–H and O–H groups in total. The largest absolute Gasteiger partial charge is 0.508 e. The van der Waals surface area contributed by atoms with Crippen LogP contribution in [0.5, 0.6) is 11.5 Å². The van der Waals surface area contributed by atoms with E-state index in [-0.39, 0.29) is 17.9 Å². The van der Waals surface area contributed by atoms with Crippen molar-refractivity contribution in [1.82, 2.24) is 16.1 Å². The van der Waals surface area contributed by atoms with Crippen LogP contribution < -0.4 is 20.8 Å². The van der Waals surface area contributed by atoms with Gasteiger partial charge in [-0.25, -0.2) is 15.0 Å². The van der Waals surface area contributed by atoms with Crippen molar-refractivity contribution in [2.24, 2.45) is 5.10 Å². The first kappa shape index (κ1) is 30.6. The maximum Gasteiger partial charge on any atom is 0.408 e. The third-order valence-corrected chi connectivity index (χ3v) is 4.81. The highest BCUT2D eigenvalue weighted by molar-refractivity contribution is 5.92. The van der Waals surface area contributed by atoms with Gasteiger partial charge in [-0.15, -0.1) is 0 Å². The van der Waals surface area contributed by atoms with Crippen molar-refractivity contribution in [2.45, 2.75) is 44.9 Å². The van der Waals surface area contributed by atoms with Crippen LogP contribution in [0.3, 0.4) is 0 Å². The van der Waals surface area contributed by atoms with Crippen molar-refractivity contribution in [2.75, 3.05) is 13.2 Å². The summed E-state index contributed by atoms with van der Waals surface area (Å²) in [6.45, 7) is 3.64. The first-order chi connectivity index (χ1) is 18.4. The number of aliphatic hydroxyl groups excluding tert-OH is 1. The van der Waals surface area contributed by atoms with E-state index in [1.54, 1.807) is 51.1 Å². The van der Waals surface area contributed by atoms with Gasteiger partial charge in [0.15, 0.2) is 6.61 Å². The zero-order valence-corrected chi connectivity index (χ0v) is 21.7. The van der Waals surface area contributed by atoms with Crippen LogP contribution in [-0.2, 0) is 25.5 Å². The first-order valence-electron chi connectivity index (χ1n) is 11.8. The third kappa shape index (κ3) is 11.5. The van der Waals surface area contributed by atoms with Gasteiger partial charge in [0.25, 0.3) is 5.91 Å². The highest BCUT2D eigenvalue weighted by Gasteiger charge is 2.28. The van der Waals surface area contributed by atoms with Gasteiger partial charge in [0.1, 0.15) is 29.2 Å². The highest BCUT2D eigenvalue weighted by Crippen LogP contribution is 2.13. The summed E-state index contributed by atoms with van der Waals surface area (Å²) >= 11 is 0. The molecule has 2 aromatic carbocycles. The molecule has 0 saturated carbocycles. The Morgan fingerprint density at radius 1 is 1.00 bits per heavy atom. The molecule has 0 saturated heterocycles. The smallest absolute Gasteiger partial charge is 0.408 e. The second-order valence-electron chi connectivity index (χ2n) is 9.30. The minimum atomic E-state index is -1.40. The molecule has 0 aromatic heterocycles. The van der Waals surface area contributed by atoms with Crippen LogP contribution in [0.25, 0.3) is 0 Å². The number of alkyl carbamates (subject to hydrolysis) is 1. The fourth-order valence-corrected chi connectivity index (χ4v) is 3.07. The lowest BCUT2D eigenvalue weighted by molar-refractivity contribution is -0.139. The maximum absolute atomic E-state index is 13.0. The monoisotopic (exact) mass is 544 g/mol. The number of amides is 3. The zero-order chi connectivity index (χ0) is 29.0. The predicted molar refractivity (Wildman–Crippen MR) is 139 cm³/mol. The Labute approximate surface area is 224 Å². The number of ether oxygens (including phenoxy) is 2. The average Bonchev–Trinajstić information content (AvgIpc) is 2.86. The van der Waals surface area contributed by atoms with Gasteiger partial charge in [0.2, 0.25) is 5.91 Å². The Balaban J connectivity index is 2.12. The normalized spacial score (nSPS) is 12.7. The molecular formula is C26H32N4O9. The number of phenolic OH excluding ortho intramolecular Hbond substituents is 1. The van der Waals surface area contributed by atoms with Crippen molar-refractivity contribution < 1.29 is 44.0 Å². The summed E-state index contributed by atoms with van der Waals surface area (Å²) in [6, 6.07) is 9.73. The second kappa shape index (κ2) is 14.3. The molecular weight excluding hydrogens is 512 g/mol. The molecule has 0 aliphatic rings. The average molecular weight is 545 g/mol. The Hall–Kier alpha value is -4.65. The fraction of sp³-hybridized carbons (Fsp3) is 0.346. The molecule has 0 aliphatic carbocycles. The number of carboxylic acid groups (broad SMARTS) is 1. The second-order valence-corrected chi connectivity index (χ2v) is 9.30. The molecule has 0 radical (unpaired) electrons. The van der Waals surface area contributed by atoms with Crippen LogP contribution in [0.15, 0.2) is 53.6 Å². The summed E-state index contributed by atoms with van der Waals surface area (Å²) in [5.74, 6) is -2.37. The number of carbonyl (C=O) groups is 4. The molecule has 13 nitrogen and oxygen atoms in total. The van der Waals surface area contributed by atoms with Crippen LogP contribution >= 0.6 is 0 Å². The van der Waals surface area contributed by atoms with Crippen LogP contribution in [-0.4, -0.2) is 76.3 Å². The van der Waals surface area contributed by atoms with Crippen molar-refractivity contribution in [3.05, 3.63) is 59.7 Å². The van der Waals surface area contributed by atoms with Crippen LogP contribution in [0.1, 0.15) is 31.9 Å². The van der Waals surface area contributed by atoms with Crippen LogP contribution in [0.2, 0.25) is 0 Å². The number of nitrogens with zero attached hydrogens (tertiary/aromatic N) is 1. The van der Waals surface area contributed by atoms with E-state index in [0.29, 0.717) is 11.1 Å². The maximum atomic E-state index is 13.0. The van der Waals surface area contributed by atoms with E-state index >= 15 is 0 Å². The molecule has 2 aromatic rings. The molecule has 0 heterocycles. The lowest BCUT2D eigenvalue weighted by Crippen LogP contribution is -2.55. The van der Waals surface area contributed by atoms with E-state index in [2.05, 4.69) is 21.2 Å². The zero-order valence-electron chi connectivity index (χ0n) is 21.7. The predicted octanol–water partition coefficient (Wildman–Crippen LogP) is 0.919. The van der Waals surface area contributed by atoms with Crippen molar-refractivity contribution in [3.63, 3.8) is 0 Å². The topological polar surface area (TPSA) is 196 Å². The molecule has 210 valence electrons. The molecule has 0 fully saturated rings. The Morgan fingerprint density at radius 3 is 2.31 bits per heavy atom. The number of phenols is 1. The van der Waals surface area contributed by atoms with E-state index < -0.39 is 54.8 Å². The molecule has 2 atom stereocenters. The Kier molecular flexibility index (Phi) is 11.2. The lowest BCUT2D eigenvalue weighted by Gasteiger charge is -2.24.